The second-order valence-corrected chi connectivity index (χ2v) is 7.17. The van der Waals surface area contributed by atoms with Crippen molar-refractivity contribution in [2.45, 2.75) is 44.1 Å². The maximum Gasteiger partial charge on any atom is 0.317 e. The number of carbonyl (C=O) groups is 1. The molecule has 138 valence electrons. The summed E-state index contributed by atoms with van der Waals surface area (Å²) in [6.45, 7) is 1.75. The van der Waals surface area contributed by atoms with Crippen molar-refractivity contribution in [3.05, 3.63) is 76.3 Å². The van der Waals surface area contributed by atoms with Crippen LogP contribution in [0.5, 0.6) is 0 Å². The Morgan fingerprint density at radius 1 is 1.07 bits per heavy atom. The van der Waals surface area contributed by atoms with Gasteiger partial charge in [0.1, 0.15) is 0 Å². The van der Waals surface area contributed by atoms with Crippen molar-refractivity contribution >= 4 is 16.9 Å². The van der Waals surface area contributed by atoms with Crippen LogP contribution >= 0.6 is 0 Å². The molecule has 1 aliphatic carbocycles. The van der Waals surface area contributed by atoms with Crippen LogP contribution in [-0.2, 0) is 14.9 Å². The van der Waals surface area contributed by atoms with Crippen molar-refractivity contribution in [2.24, 2.45) is 0 Å². The molecule has 0 unspecified atom stereocenters. The van der Waals surface area contributed by atoms with E-state index in [2.05, 4.69) is 9.97 Å². The summed E-state index contributed by atoms with van der Waals surface area (Å²) in [6, 6.07) is 17.0. The first kappa shape index (κ1) is 17.5. The van der Waals surface area contributed by atoms with Crippen LogP contribution in [-0.4, -0.2) is 15.9 Å². The summed E-state index contributed by atoms with van der Waals surface area (Å²) in [7, 11) is 0. The van der Waals surface area contributed by atoms with E-state index in [4.69, 9.17) is 4.74 Å². The first-order valence-corrected chi connectivity index (χ1v) is 9.36. The molecule has 1 N–H and O–H groups in total. The SMILES string of the molecule is C[C@@H](OC(=O)C1(c2ccccc2)CCCC1)c1nc2ccccc2c(=O)[nH]1. The normalized spacial score (nSPS) is 16.9. The third kappa shape index (κ3) is 3.14. The Morgan fingerprint density at radius 3 is 2.48 bits per heavy atom. The minimum atomic E-state index is -0.629. The zero-order chi connectivity index (χ0) is 18.9. The Bertz CT molecular complexity index is 1020. The topological polar surface area (TPSA) is 72.0 Å². The Morgan fingerprint density at radius 2 is 1.74 bits per heavy atom. The zero-order valence-electron chi connectivity index (χ0n) is 15.3. The number of nitrogens with zero attached hydrogens (tertiary/aromatic N) is 1. The number of aromatic amines is 1. The van der Waals surface area contributed by atoms with Crippen molar-refractivity contribution in [1.29, 1.82) is 0 Å². The summed E-state index contributed by atoms with van der Waals surface area (Å²) in [4.78, 5) is 32.7. The van der Waals surface area contributed by atoms with Gasteiger partial charge in [0.05, 0.1) is 16.3 Å². The van der Waals surface area contributed by atoms with Crippen molar-refractivity contribution in [3.8, 4) is 0 Å². The lowest BCUT2D eigenvalue weighted by Crippen LogP contribution is -2.35. The molecule has 1 heterocycles. The number of benzene rings is 2. The van der Waals surface area contributed by atoms with E-state index in [0.717, 1.165) is 31.2 Å². The lowest BCUT2D eigenvalue weighted by Gasteiger charge is -2.28. The van der Waals surface area contributed by atoms with E-state index in [9.17, 15) is 9.59 Å². The fourth-order valence-corrected chi connectivity index (χ4v) is 3.97. The van der Waals surface area contributed by atoms with Gasteiger partial charge in [0.15, 0.2) is 11.9 Å². The van der Waals surface area contributed by atoms with Gasteiger partial charge >= 0.3 is 5.97 Å². The molecule has 0 aliphatic heterocycles. The molecule has 5 heteroatoms. The van der Waals surface area contributed by atoms with Crippen LogP contribution in [0.25, 0.3) is 10.9 Å². The molecule has 0 spiro atoms. The summed E-state index contributed by atoms with van der Waals surface area (Å²) in [5.74, 6) is 0.128. The van der Waals surface area contributed by atoms with Crippen LogP contribution in [0.1, 0.15) is 50.1 Å². The number of ether oxygens (including phenoxy) is 1. The van der Waals surface area contributed by atoms with Gasteiger partial charge in [-0.05, 0) is 37.5 Å². The molecule has 1 aliphatic rings. The van der Waals surface area contributed by atoms with Gasteiger partial charge < -0.3 is 9.72 Å². The summed E-state index contributed by atoms with van der Waals surface area (Å²) in [5, 5.41) is 0.524. The first-order chi connectivity index (χ1) is 13.1. The highest BCUT2D eigenvalue weighted by atomic mass is 16.5. The number of hydrogen-bond acceptors (Lipinski definition) is 4. The molecule has 1 atom stereocenters. The quantitative estimate of drug-likeness (QED) is 0.711. The number of esters is 1. The maximum atomic E-state index is 13.2. The molecular formula is C22H22N2O3. The van der Waals surface area contributed by atoms with E-state index in [1.165, 1.54) is 0 Å². The average Bonchev–Trinajstić information content (AvgIpc) is 3.20. The lowest BCUT2D eigenvalue weighted by atomic mass is 9.79. The monoisotopic (exact) mass is 362 g/mol. The Hall–Kier alpha value is -2.95. The molecule has 1 fully saturated rings. The van der Waals surface area contributed by atoms with E-state index in [1.54, 1.807) is 25.1 Å². The molecule has 1 saturated carbocycles. The number of fused-ring (bicyclic) bond motifs is 1. The summed E-state index contributed by atoms with van der Waals surface area (Å²) >= 11 is 0. The van der Waals surface area contributed by atoms with Crippen LogP contribution in [0.2, 0.25) is 0 Å². The molecule has 0 saturated heterocycles. The largest absolute Gasteiger partial charge is 0.454 e. The molecule has 1 aromatic heterocycles. The number of nitrogens with one attached hydrogen (secondary N) is 1. The van der Waals surface area contributed by atoms with Gasteiger partial charge in [0.2, 0.25) is 0 Å². The zero-order valence-corrected chi connectivity index (χ0v) is 15.3. The van der Waals surface area contributed by atoms with Crippen LogP contribution in [0.3, 0.4) is 0 Å². The standard InChI is InChI=1S/C22H22N2O3/c1-15(19-23-18-12-6-5-11-17(18)20(25)24-19)27-21(26)22(13-7-8-14-22)16-9-3-2-4-10-16/h2-6,9-12,15H,7-8,13-14H2,1H3,(H,23,24,25)/t15-/m1/s1. The van der Waals surface area contributed by atoms with Gasteiger partial charge in [-0.1, -0.05) is 55.3 Å². The van der Waals surface area contributed by atoms with Crippen LogP contribution in [0.4, 0.5) is 0 Å². The van der Waals surface area contributed by atoms with E-state index in [0.29, 0.717) is 16.7 Å². The highest BCUT2D eigenvalue weighted by molar-refractivity contribution is 5.84. The fourth-order valence-electron chi connectivity index (χ4n) is 3.97. The predicted octanol–water partition coefficient (Wildman–Crippen LogP) is 4.04. The molecule has 3 aromatic rings. The number of para-hydroxylation sites is 1. The van der Waals surface area contributed by atoms with Crippen LogP contribution in [0, 0.1) is 0 Å². The molecule has 0 amide bonds. The van der Waals surface area contributed by atoms with Crippen molar-refractivity contribution < 1.29 is 9.53 Å². The van der Waals surface area contributed by atoms with E-state index in [1.807, 2.05) is 36.4 Å². The number of rotatable bonds is 4. The molecule has 0 radical (unpaired) electrons. The minimum absolute atomic E-state index is 0.225. The number of carbonyl (C=O) groups excluding carboxylic acids is 1. The molecule has 0 bridgehead atoms. The van der Waals surface area contributed by atoms with Gasteiger partial charge in [-0.3, -0.25) is 9.59 Å². The van der Waals surface area contributed by atoms with E-state index >= 15 is 0 Å². The fraction of sp³-hybridized carbons (Fsp3) is 0.318. The third-order valence-corrected chi connectivity index (χ3v) is 5.47. The molecule has 2 aromatic carbocycles. The predicted molar refractivity (Wildman–Crippen MR) is 103 cm³/mol. The smallest absolute Gasteiger partial charge is 0.317 e. The summed E-state index contributed by atoms with van der Waals surface area (Å²) < 4.78 is 5.81. The van der Waals surface area contributed by atoms with Crippen molar-refractivity contribution in [2.75, 3.05) is 0 Å². The van der Waals surface area contributed by atoms with E-state index in [-0.39, 0.29) is 11.5 Å². The Kier molecular flexibility index (Phi) is 4.52. The highest BCUT2D eigenvalue weighted by Crippen LogP contribution is 2.42. The maximum absolute atomic E-state index is 13.2. The van der Waals surface area contributed by atoms with Crippen LogP contribution < -0.4 is 5.56 Å². The minimum Gasteiger partial charge on any atom is -0.454 e. The van der Waals surface area contributed by atoms with Gasteiger partial charge in [0, 0.05) is 0 Å². The summed E-state index contributed by atoms with van der Waals surface area (Å²) in [5.41, 5.74) is 0.765. The average molecular weight is 362 g/mol. The van der Waals surface area contributed by atoms with E-state index < -0.39 is 11.5 Å². The highest BCUT2D eigenvalue weighted by Gasteiger charge is 2.44. The Balaban J connectivity index is 1.63. The molecular weight excluding hydrogens is 340 g/mol. The van der Waals surface area contributed by atoms with Crippen molar-refractivity contribution in [1.82, 2.24) is 9.97 Å². The third-order valence-electron chi connectivity index (χ3n) is 5.47. The number of H-pyrrole nitrogens is 1. The van der Waals surface area contributed by atoms with Crippen molar-refractivity contribution in [3.63, 3.8) is 0 Å². The lowest BCUT2D eigenvalue weighted by molar-refractivity contribution is -0.156. The number of hydrogen-bond donors (Lipinski definition) is 1. The second-order valence-electron chi connectivity index (χ2n) is 7.17. The second kappa shape index (κ2) is 6.99. The number of aromatic nitrogens is 2. The van der Waals surface area contributed by atoms with Gasteiger partial charge in [-0.15, -0.1) is 0 Å². The summed E-state index contributed by atoms with van der Waals surface area (Å²) in [6.07, 6.45) is 2.94. The molecule has 27 heavy (non-hydrogen) atoms. The van der Waals surface area contributed by atoms with Gasteiger partial charge in [-0.2, -0.15) is 0 Å². The Labute approximate surface area is 157 Å². The molecule has 4 rings (SSSR count). The van der Waals surface area contributed by atoms with Gasteiger partial charge in [0.25, 0.3) is 5.56 Å². The van der Waals surface area contributed by atoms with Gasteiger partial charge in [-0.25, -0.2) is 4.98 Å². The molecule has 5 nitrogen and oxygen atoms in total. The first-order valence-electron chi connectivity index (χ1n) is 9.36. The van der Waals surface area contributed by atoms with Crippen LogP contribution in [0.15, 0.2) is 59.4 Å².